The van der Waals surface area contributed by atoms with Crippen LogP contribution in [0.1, 0.15) is 37.2 Å². The Morgan fingerprint density at radius 3 is 2.25 bits per heavy atom. The first-order valence-electron chi connectivity index (χ1n) is 10.8. The average molecular weight is 383 g/mol. The topological polar surface area (TPSA) is 47.1 Å². The minimum Gasteiger partial charge on any atom is -0.340 e. The average Bonchev–Trinajstić information content (AvgIpc) is 3.41. The number of nitrogens with zero attached hydrogens (tertiary/aromatic N) is 4. The number of carbonyl (C=O) groups is 2. The zero-order valence-electron chi connectivity index (χ0n) is 16.7. The highest BCUT2D eigenvalue weighted by molar-refractivity contribution is 5.94. The Morgan fingerprint density at radius 1 is 0.964 bits per heavy atom. The van der Waals surface area contributed by atoms with Crippen LogP contribution < -0.4 is 4.90 Å². The van der Waals surface area contributed by atoms with Gasteiger partial charge in [-0.2, -0.15) is 0 Å². The fourth-order valence-corrected chi connectivity index (χ4v) is 4.92. The number of rotatable bonds is 4. The first kappa shape index (κ1) is 18.0. The molecule has 0 radical (unpaired) electrons. The maximum Gasteiger partial charge on any atom is 0.324 e. The molecule has 2 aliphatic heterocycles. The van der Waals surface area contributed by atoms with Gasteiger partial charge in [-0.05, 0) is 42.9 Å². The number of amides is 3. The van der Waals surface area contributed by atoms with E-state index in [-0.39, 0.29) is 11.9 Å². The molecule has 4 fully saturated rings. The minimum atomic E-state index is 0.0632. The molecule has 0 bridgehead atoms. The standard InChI is InChI=1S/C22H30N4O2/c1-23-9-14-26(22(23)28)18-7-5-16(6-8-18)19-15-20(19)21(27)25-12-10-24(11-13-25)17-3-2-4-17/h5-8,17,19-20H,2-4,9-15H2,1H3. The van der Waals surface area contributed by atoms with Crippen molar-refractivity contribution in [3.63, 3.8) is 0 Å². The highest BCUT2D eigenvalue weighted by Crippen LogP contribution is 2.49. The van der Waals surface area contributed by atoms with Crippen molar-refractivity contribution in [3.05, 3.63) is 29.8 Å². The van der Waals surface area contributed by atoms with Crippen LogP contribution in [-0.4, -0.2) is 79.0 Å². The van der Waals surface area contributed by atoms with Crippen LogP contribution in [0.4, 0.5) is 10.5 Å². The molecule has 2 aliphatic carbocycles. The molecule has 2 saturated heterocycles. The molecule has 0 spiro atoms. The lowest BCUT2D eigenvalue weighted by molar-refractivity contribution is -0.135. The molecule has 1 aromatic rings. The maximum absolute atomic E-state index is 12.9. The van der Waals surface area contributed by atoms with Gasteiger partial charge in [-0.1, -0.05) is 18.6 Å². The second kappa shape index (κ2) is 7.07. The molecule has 6 nitrogen and oxygen atoms in total. The Balaban J connectivity index is 1.16. The van der Waals surface area contributed by atoms with Gasteiger partial charge in [-0.25, -0.2) is 4.79 Å². The molecule has 3 amide bonds. The predicted molar refractivity (Wildman–Crippen MR) is 108 cm³/mol. The highest BCUT2D eigenvalue weighted by atomic mass is 16.2. The fourth-order valence-electron chi connectivity index (χ4n) is 4.92. The van der Waals surface area contributed by atoms with E-state index in [9.17, 15) is 9.59 Å². The zero-order chi connectivity index (χ0) is 19.3. The number of hydrogen-bond acceptors (Lipinski definition) is 3. The van der Waals surface area contributed by atoms with E-state index in [1.165, 1.54) is 24.8 Å². The van der Waals surface area contributed by atoms with Crippen molar-refractivity contribution < 1.29 is 9.59 Å². The van der Waals surface area contributed by atoms with Gasteiger partial charge in [0.15, 0.2) is 0 Å². The van der Waals surface area contributed by atoms with Crippen LogP contribution in [0.2, 0.25) is 0 Å². The summed E-state index contributed by atoms with van der Waals surface area (Å²) in [5, 5.41) is 0. The summed E-state index contributed by atoms with van der Waals surface area (Å²) in [5.41, 5.74) is 2.18. The summed E-state index contributed by atoms with van der Waals surface area (Å²) in [6.07, 6.45) is 5.02. The lowest BCUT2D eigenvalue weighted by Crippen LogP contribution is -2.53. The Kier molecular flexibility index (Phi) is 4.54. The molecule has 0 N–H and O–H groups in total. The molecular formula is C22H30N4O2. The molecule has 150 valence electrons. The number of hydrogen-bond donors (Lipinski definition) is 0. The summed E-state index contributed by atoms with van der Waals surface area (Å²) in [4.78, 5) is 33.3. The third-order valence-corrected chi connectivity index (χ3v) is 7.17. The van der Waals surface area contributed by atoms with Crippen molar-refractivity contribution in [1.29, 1.82) is 0 Å². The highest BCUT2D eigenvalue weighted by Gasteiger charge is 2.46. The molecule has 1 aromatic carbocycles. The summed E-state index contributed by atoms with van der Waals surface area (Å²) in [6.45, 7) is 5.38. The smallest absolute Gasteiger partial charge is 0.324 e. The van der Waals surface area contributed by atoms with Crippen LogP contribution >= 0.6 is 0 Å². The summed E-state index contributed by atoms with van der Waals surface area (Å²) in [6, 6.07) is 9.12. The molecular weight excluding hydrogens is 352 g/mol. The van der Waals surface area contributed by atoms with Crippen molar-refractivity contribution >= 4 is 17.6 Å². The van der Waals surface area contributed by atoms with Crippen molar-refractivity contribution in [2.24, 2.45) is 5.92 Å². The number of likely N-dealkylation sites (N-methyl/N-ethyl adjacent to an activating group) is 1. The number of piperazine rings is 1. The lowest BCUT2D eigenvalue weighted by Gasteiger charge is -2.43. The Bertz CT molecular complexity index is 752. The second-order valence-electron chi connectivity index (χ2n) is 8.84. The van der Waals surface area contributed by atoms with Crippen LogP contribution in [0.5, 0.6) is 0 Å². The van der Waals surface area contributed by atoms with Crippen molar-refractivity contribution in [2.75, 3.05) is 51.2 Å². The quantitative estimate of drug-likeness (QED) is 0.803. The van der Waals surface area contributed by atoms with E-state index in [0.717, 1.165) is 57.4 Å². The second-order valence-corrected chi connectivity index (χ2v) is 8.84. The number of urea groups is 1. The van der Waals surface area contributed by atoms with Gasteiger partial charge in [0.25, 0.3) is 0 Å². The van der Waals surface area contributed by atoms with Crippen LogP contribution in [0.15, 0.2) is 24.3 Å². The molecule has 0 aromatic heterocycles. The SMILES string of the molecule is CN1CCN(c2ccc(C3CC3C(=O)N3CCN(C4CCC4)CC3)cc2)C1=O. The van der Waals surface area contributed by atoms with Crippen LogP contribution in [0.3, 0.4) is 0 Å². The summed E-state index contributed by atoms with van der Waals surface area (Å²) in [7, 11) is 1.84. The monoisotopic (exact) mass is 382 g/mol. The van der Waals surface area contributed by atoms with Gasteiger partial charge in [-0.3, -0.25) is 14.6 Å². The lowest BCUT2D eigenvalue weighted by atomic mass is 9.91. The molecule has 4 aliphatic rings. The van der Waals surface area contributed by atoms with E-state index in [1.54, 1.807) is 4.90 Å². The first-order chi connectivity index (χ1) is 13.6. The van der Waals surface area contributed by atoms with Crippen LogP contribution in [0, 0.1) is 5.92 Å². The molecule has 6 heteroatoms. The Hall–Kier alpha value is -2.08. The number of carbonyl (C=O) groups excluding carboxylic acids is 2. The van der Waals surface area contributed by atoms with Gasteiger partial charge in [0.1, 0.15) is 0 Å². The molecule has 28 heavy (non-hydrogen) atoms. The van der Waals surface area contributed by atoms with Crippen LogP contribution in [-0.2, 0) is 4.79 Å². The zero-order valence-corrected chi connectivity index (χ0v) is 16.7. The van der Waals surface area contributed by atoms with Crippen molar-refractivity contribution in [2.45, 2.75) is 37.6 Å². The third-order valence-electron chi connectivity index (χ3n) is 7.17. The molecule has 2 atom stereocenters. The molecule has 2 unspecified atom stereocenters. The summed E-state index contributed by atoms with van der Waals surface area (Å²) in [5.74, 6) is 0.850. The van der Waals surface area contributed by atoms with E-state index in [0.29, 0.717) is 11.8 Å². The van der Waals surface area contributed by atoms with Gasteiger partial charge in [0.2, 0.25) is 5.91 Å². The Labute approximate surface area is 167 Å². The van der Waals surface area contributed by atoms with Crippen LogP contribution in [0.25, 0.3) is 0 Å². The van der Waals surface area contributed by atoms with Gasteiger partial charge < -0.3 is 9.80 Å². The fraction of sp³-hybridized carbons (Fsp3) is 0.636. The summed E-state index contributed by atoms with van der Waals surface area (Å²) < 4.78 is 0. The first-order valence-corrected chi connectivity index (χ1v) is 10.8. The van der Waals surface area contributed by atoms with Crippen molar-refractivity contribution in [1.82, 2.24) is 14.7 Å². The largest absolute Gasteiger partial charge is 0.340 e. The van der Waals surface area contributed by atoms with E-state index in [1.807, 2.05) is 24.1 Å². The number of benzene rings is 1. The molecule has 2 saturated carbocycles. The predicted octanol–water partition coefficient (Wildman–Crippen LogP) is 2.36. The van der Waals surface area contributed by atoms with E-state index >= 15 is 0 Å². The van der Waals surface area contributed by atoms with Crippen molar-refractivity contribution in [3.8, 4) is 0 Å². The van der Waals surface area contributed by atoms with Gasteiger partial charge >= 0.3 is 6.03 Å². The van der Waals surface area contributed by atoms with E-state index < -0.39 is 0 Å². The van der Waals surface area contributed by atoms with E-state index in [4.69, 9.17) is 0 Å². The van der Waals surface area contributed by atoms with Gasteiger partial charge in [0.05, 0.1) is 0 Å². The van der Waals surface area contributed by atoms with Gasteiger partial charge in [-0.15, -0.1) is 0 Å². The number of anilines is 1. The van der Waals surface area contributed by atoms with Gasteiger partial charge in [0, 0.05) is 64.0 Å². The summed E-state index contributed by atoms with van der Waals surface area (Å²) >= 11 is 0. The maximum atomic E-state index is 12.9. The normalized spacial score (nSPS) is 28.6. The minimum absolute atomic E-state index is 0.0632. The molecule has 5 rings (SSSR count). The third kappa shape index (κ3) is 3.17. The Morgan fingerprint density at radius 2 is 1.68 bits per heavy atom. The van der Waals surface area contributed by atoms with E-state index in [2.05, 4.69) is 21.9 Å². The molecule has 2 heterocycles.